The Hall–Kier alpha value is -1.98. The standard InChI is InChI=1S/C15H18F2N2O2/c1-18-8-7-13(15(18)21)19(2)14(20)6-4-10-3-5-11(16)12(17)9-10/h3,5,9,13H,4,6-8H2,1-2H3. The highest BCUT2D eigenvalue weighted by molar-refractivity contribution is 5.88. The van der Waals surface area contributed by atoms with E-state index in [1.165, 1.54) is 11.0 Å². The molecule has 6 heteroatoms. The molecular formula is C15H18F2N2O2. The number of carbonyl (C=O) groups is 2. The van der Waals surface area contributed by atoms with E-state index in [0.29, 0.717) is 24.9 Å². The summed E-state index contributed by atoms with van der Waals surface area (Å²) in [5.41, 5.74) is 0.561. The lowest BCUT2D eigenvalue weighted by Gasteiger charge is -2.23. The zero-order valence-corrected chi connectivity index (χ0v) is 12.1. The molecule has 1 aromatic carbocycles. The van der Waals surface area contributed by atoms with Crippen LogP contribution in [0.2, 0.25) is 0 Å². The second-order valence-electron chi connectivity index (χ2n) is 5.32. The van der Waals surface area contributed by atoms with Crippen molar-refractivity contribution >= 4 is 11.8 Å². The van der Waals surface area contributed by atoms with E-state index in [4.69, 9.17) is 0 Å². The number of hydrogen-bond donors (Lipinski definition) is 0. The van der Waals surface area contributed by atoms with Gasteiger partial charge in [0.25, 0.3) is 0 Å². The highest BCUT2D eigenvalue weighted by Crippen LogP contribution is 2.16. The first-order chi connectivity index (χ1) is 9.90. The number of nitrogens with zero attached hydrogens (tertiary/aromatic N) is 2. The third-order valence-corrected chi connectivity index (χ3v) is 3.87. The van der Waals surface area contributed by atoms with Crippen LogP contribution >= 0.6 is 0 Å². The number of rotatable bonds is 4. The monoisotopic (exact) mass is 296 g/mol. The number of amides is 2. The Morgan fingerprint density at radius 3 is 2.67 bits per heavy atom. The van der Waals surface area contributed by atoms with Crippen LogP contribution in [0, 0.1) is 11.6 Å². The van der Waals surface area contributed by atoms with E-state index in [2.05, 4.69) is 0 Å². The van der Waals surface area contributed by atoms with E-state index in [-0.39, 0.29) is 18.2 Å². The van der Waals surface area contributed by atoms with E-state index in [1.54, 1.807) is 19.0 Å². The Labute approximate surface area is 122 Å². The lowest BCUT2D eigenvalue weighted by Crippen LogP contribution is -2.42. The predicted octanol–water partition coefficient (Wildman–Crippen LogP) is 1.59. The van der Waals surface area contributed by atoms with E-state index in [0.717, 1.165) is 12.1 Å². The average molecular weight is 296 g/mol. The lowest BCUT2D eigenvalue weighted by atomic mass is 10.1. The maximum Gasteiger partial charge on any atom is 0.245 e. The summed E-state index contributed by atoms with van der Waals surface area (Å²) in [5.74, 6) is -2.05. The number of halogens is 2. The SMILES string of the molecule is CN1CCC(N(C)C(=O)CCc2ccc(F)c(F)c2)C1=O. The first-order valence-corrected chi connectivity index (χ1v) is 6.84. The van der Waals surface area contributed by atoms with Crippen LogP contribution in [-0.4, -0.2) is 48.3 Å². The minimum atomic E-state index is -0.916. The fourth-order valence-electron chi connectivity index (χ4n) is 2.46. The molecule has 0 radical (unpaired) electrons. The number of likely N-dealkylation sites (tertiary alicyclic amines) is 1. The van der Waals surface area contributed by atoms with Crippen LogP contribution in [0.15, 0.2) is 18.2 Å². The van der Waals surface area contributed by atoms with Gasteiger partial charge in [-0.25, -0.2) is 8.78 Å². The first-order valence-electron chi connectivity index (χ1n) is 6.84. The smallest absolute Gasteiger partial charge is 0.245 e. The summed E-state index contributed by atoms with van der Waals surface area (Å²) in [6.07, 6.45) is 1.11. The van der Waals surface area contributed by atoms with E-state index in [9.17, 15) is 18.4 Å². The maximum atomic E-state index is 13.1. The van der Waals surface area contributed by atoms with Gasteiger partial charge in [-0.15, -0.1) is 0 Å². The minimum Gasteiger partial charge on any atom is -0.344 e. The van der Waals surface area contributed by atoms with Crippen LogP contribution in [0.1, 0.15) is 18.4 Å². The molecule has 1 aromatic rings. The van der Waals surface area contributed by atoms with Gasteiger partial charge >= 0.3 is 0 Å². The summed E-state index contributed by atoms with van der Waals surface area (Å²) in [5, 5.41) is 0. The minimum absolute atomic E-state index is 0.0568. The molecule has 4 nitrogen and oxygen atoms in total. The molecule has 0 aromatic heterocycles. The van der Waals surface area contributed by atoms with Crippen molar-refractivity contribution in [1.29, 1.82) is 0 Å². The first kappa shape index (κ1) is 15.4. The summed E-state index contributed by atoms with van der Waals surface area (Å²) in [6.45, 7) is 0.643. The van der Waals surface area contributed by atoms with Gasteiger partial charge in [0.2, 0.25) is 11.8 Å². The highest BCUT2D eigenvalue weighted by atomic mass is 19.2. The van der Waals surface area contributed by atoms with Crippen LogP contribution in [0.4, 0.5) is 8.78 Å². The van der Waals surface area contributed by atoms with Crippen molar-refractivity contribution in [1.82, 2.24) is 9.80 Å². The molecule has 0 N–H and O–H groups in total. The van der Waals surface area contributed by atoms with Crippen LogP contribution in [-0.2, 0) is 16.0 Å². The normalized spacial score (nSPS) is 18.2. The summed E-state index contributed by atoms with van der Waals surface area (Å²) < 4.78 is 25.9. The van der Waals surface area contributed by atoms with Gasteiger partial charge in [0.05, 0.1) is 0 Å². The van der Waals surface area contributed by atoms with Gasteiger partial charge < -0.3 is 9.80 Å². The molecule has 0 saturated carbocycles. The van der Waals surface area contributed by atoms with Gasteiger partial charge in [0, 0.05) is 27.1 Å². The highest BCUT2D eigenvalue weighted by Gasteiger charge is 2.34. The topological polar surface area (TPSA) is 40.6 Å². The molecule has 114 valence electrons. The molecule has 0 bridgehead atoms. The van der Waals surface area contributed by atoms with Crippen LogP contribution in [0.5, 0.6) is 0 Å². The van der Waals surface area contributed by atoms with Gasteiger partial charge in [-0.05, 0) is 30.5 Å². The van der Waals surface area contributed by atoms with Gasteiger partial charge in [-0.2, -0.15) is 0 Å². The second kappa shape index (κ2) is 6.20. The van der Waals surface area contributed by atoms with E-state index >= 15 is 0 Å². The fourth-order valence-corrected chi connectivity index (χ4v) is 2.46. The molecule has 1 unspecified atom stereocenters. The maximum absolute atomic E-state index is 13.1. The fraction of sp³-hybridized carbons (Fsp3) is 0.467. The lowest BCUT2D eigenvalue weighted by molar-refractivity contribution is -0.140. The largest absolute Gasteiger partial charge is 0.344 e. The van der Waals surface area contributed by atoms with Crippen LogP contribution < -0.4 is 0 Å². The van der Waals surface area contributed by atoms with Crippen LogP contribution in [0.3, 0.4) is 0 Å². The third kappa shape index (κ3) is 3.37. The molecule has 1 saturated heterocycles. The molecule has 1 aliphatic rings. The summed E-state index contributed by atoms with van der Waals surface area (Å²) in [4.78, 5) is 27.0. The Balaban J connectivity index is 1.92. The molecule has 1 heterocycles. The van der Waals surface area contributed by atoms with Crippen molar-refractivity contribution < 1.29 is 18.4 Å². The Morgan fingerprint density at radius 1 is 1.38 bits per heavy atom. The van der Waals surface area contributed by atoms with E-state index < -0.39 is 17.7 Å². The zero-order chi connectivity index (χ0) is 15.6. The van der Waals surface area contributed by atoms with Gasteiger partial charge in [0.15, 0.2) is 11.6 Å². The number of likely N-dealkylation sites (N-methyl/N-ethyl adjacent to an activating group) is 2. The van der Waals surface area contributed by atoms with Crippen molar-refractivity contribution in [3.05, 3.63) is 35.4 Å². The molecule has 1 fully saturated rings. The third-order valence-electron chi connectivity index (χ3n) is 3.87. The molecule has 21 heavy (non-hydrogen) atoms. The quantitative estimate of drug-likeness (QED) is 0.846. The van der Waals surface area contributed by atoms with Gasteiger partial charge in [-0.3, -0.25) is 9.59 Å². The molecular weight excluding hydrogens is 278 g/mol. The van der Waals surface area contributed by atoms with Crippen molar-refractivity contribution in [3.63, 3.8) is 0 Å². The van der Waals surface area contributed by atoms with Crippen LogP contribution in [0.25, 0.3) is 0 Å². The number of aryl methyl sites for hydroxylation is 1. The predicted molar refractivity (Wildman–Crippen MR) is 73.5 cm³/mol. The molecule has 0 spiro atoms. The zero-order valence-electron chi connectivity index (χ0n) is 12.1. The average Bonchev–Trinajstić information content (AvgIpc) is 2.79. The molecule has 2 amide bonds. The second-order valence-corrected chi connectivity index (χ2v) is 5.32. The van der Waals surface area contributed by atoms with Crippen molar-refractivity contribution in [2.45, 2.75) is 25.3 Å². The Kier molecular flexibility index (Phi) is 4.55. The molecule has 1 atom stereocenters. The van der Waals surface area contributed by atoms with E-state index in [1.807, 2.05) is 0 Å². The molecule has 0 aliphatic carbocycles. The van der Waals surface area contributed by atoms with Crippen molar-refractivity contribution in [3.8, 4) is 0 Å². The van der Waals surface area contributed by atoms with Gasteiger partial charge in [0.1, 0.15) is 6.04 Å². The van der Waals surface area contributed by atoms with Gasteiger partial charge in [-0.1, -0.05) is 6.07 Å². The van der Waals surface area contributed by atoms with Crippen molar-refractivity contribution in [2.75, 3.05) is 20.6 Å². The summed E-state index contributed by atoms with van der Waals surface area (Å²) in [7, 11) is 3.32. The molecule has 2 rings (SSSR count). The molecule has 1 aliphatic heterocycles. The number of benzene rings is 1. The number of hydrogen-bond acceptors (Lipinski definition) is 2. The Bertz CT molecular complexity index is 563. The summed E-state index contributed by atoms with van der Waals surface area (Å²) in [6, 6.07) is 3.19. The summed E-state index contributed by atoms with van der Waals surface area (Å²) >= 11 is 0. The number of carbonyl (C=O) groups excluding carboxylic acids is 2. The van der Waals surface area contributed by atoms with Crippen molar-refractivity contribution in [2.24, 2.45) is 0 Å². The Morgan fingerprint density at radius 2 is 2.10 bits per heavy atom.